The van der Waals surface area contributed by atoms with Gasteiger partial charge in [0.1, 0.15) is 11.9 Å². The summed E-state index contributed by atoms with van der Waals surface area (Å²) in [6.07, 6.45) is 5.30. The molecule has 2 aliphatic heterocycles. The Labute approximate surface area is 181 Å². The topological polar surface area (TPSA) is 61.9 Å². The minimum atomic E-state index is -0.220. The van der Waals surface area contributed by atoms with Crippen LogP contribution in [0.15, 0.2) is 29.4 Å². The Morgan fingerprint density at radius 3 is 2.96 bits per heavy atom. The van der Waals surface area contributed by atoms with E-state index in [4.69, 9.17) is 9.47 Å². The van der Waals surface area contributed by atoms with Gasteiger partial charge in [-0.25, -0.2) is 4.39 Å². The van der Waals surface area contributed by atoms with Gasteiger partial charge < -0.3 is 24.7 Å². The van der Waals surface area contributed by atoms with E-state index in [-0.39, 0.29) is 42.0 Å². The van der Waals surface area contributed by atoms with Crippen LogP contribution in [0, 0.1) is 5.82 Å². The average molecular weight is 502 g/mol. The largest absolute Gasteiger partial charge is 0.375 e. The number of ether oxygens (including phenoxy) is 2. The van der Waals surface area contributed by atoms with Crippen LogP contribution in [0.5, 0.6) is 0 Å². The average Bonchev–Trinajstić information content (AvgIpc) is 3.35. The van der Waals surface area contributed by atoms with Crippen molar-refractivity contribution in [3.63, 3.8) is 0 Å². The van der Waals surface area contributed by atoms with Crippen LogP contribution in [0.2, 0.25) is 0 Å². The Bertz CT molecular complexity index is 807. The van der Waals surface area contributed by atoms with Crippen molar-refractivity contribution in [3.05, 3.63) is 35.8 Å². The van der Waals surface area contributed by atoms with E-state index in [9.17, 15) is 4.39 Å². The van der Waals surface area contributed by atoms with Crippen molar-refractivity contribution in [1.82, 2.24) is 15.2 Å². The molecule has 0 radical (unpaired) electrons. The van der Waals surface area contributed by atoms with Gasteiger partial charge in [-0.2, -0.15) is 0 Å². The van der Waals surface area contributed by atoms with Crippen LogP contribution in [0.4, 0.5) is 4.39 Å². The first kappa shape index (κ1) is 21.3. The Kier molecular flexibility index (Phi) is 7.53. The van der Waals surface area contributed by atoms with Gasteiger partial charge in [0, 0.05) is 50.4 Å². The second-order valence-electron chi connectivity index (χ2n) is 7.13. The summed E-state index contributed by atoms with van der Waals surface area (Å²) in [4.78, 5) is 9.84. The van der Waals surface area contributed by atoms with Crippen LogP contribution < -0.4 is 5.32 Å². The number of morpholine rings is 1. The van der Waals surface area contributed by atoms with Crippen LogP contribution in [0.3, 0.4) is 0 Å². The maximum atomic E-state index is 13.3. The predicted molar refractivity (Wildman–Crippen MR) is 119 cm³/mol. The summed E-state index contributed by atoms with van der Waals surface area (Å²) >= 11 is 0. The Morgan fingerprint density at radius 2 is 2.18 bits per heavy atom. The molecule has 8 heteroatoms. The first-order valence-corrected chi connectivity index (χ1v) is 9.69. The number of hydrogen-bond acceptors (Lipinski definition) is 3. The van der Waals surface area contributed by atoms with Gasteiger partial charge in [-0.05, 0) is 43.0 Å². The van der Waals surface area contributed by atoms with Crippen LogP contribution in [0.25, 0.3) is 10.9 Å². The zero-order chi connectivity index (χ0) is 18.6. The number of guanidine groups is 1. The third kappa shape index (κ3) is 4.77. The number of nitrogens with zero attached hydrogens (tertiary/aromatic N) is 2. The molecule has 2 N–H and O–H groups in total. The number of aromatic amines is 1. The molecule has 6 nitrogen and oxygen atoms in total. The second-order valence-corrected chi connectivity index (χ2v) is 7.13. The van der Waals surface area contributed by atoms with E-state index in [1.54, 1.807) is 0 Å². The molecule has 0 spiro atoms. The molecule has 28 heavy (non-hydrogen) atoms. The molecule has 1 aromatic heterocycles. The zero-order valence-corrected chi connectivity index (χ0v) is 18.4. The molecule has 2 unspecified atom stereocenters. The van der Waals surface area contributed by atoms with Crippen molar-refractivity contribution < 1.29 is 13.9 Å². The molecule has 2 aliphatic rings. The van der Waals surface area contributed by atoms with Gasteiger partial charge in [-0.1, -0.05) is 0 Å². The van der Waals surface area contributed by atoms with Crippen LogP contribution >= 0.6 is 24.0 Å². The number of nitrogens with one attached hydrogen (secondary N) is 2. The third-order valence-electron chi connectivity index (χ3n) is 5.39. The molecule has 4 rings (SSSR count). The lowest BCUT2D eigenvalue weighted by Gasteiger charge is -2.37. The minimum Gasteiger partial charge on any atom is -0.375 e. The lowest BCUT2D eigenvalue weighted by Crippen LogP contribution is -2.53. The third-order valence-corrected chi connectivity index (χ3v) is 5.39. The van der Waals surface area contributed by atoms with E-state index < -0.39 is 0 Å². The van der Waals surface area contributed by atoms with Crippen LogP contribution in [-0.2, 0) is 15.9 Å². The van der Waals surface area contributed by atoms with Gasteiger partial charge in [-0.15, -0.1) is 24.0 Å². The predicted octanol–water partition coefficient (Wildman–Crippen LogP) is 2.92. The fourth-order valence-corrected chi connectivity index (χ4v) is 4.00. The lowest BCUT2D eigenvalue weighted by molar-refractivity contribution is -0.0816. The molecule has 0 aliphatic carbocycles. The highest BCUT2D eigenvalue weighted by Crippen LogP contribution is 2.21. The van der Waals surface area contributed by atoms with Crippen LogP contribution in [0.1, 0.15) is 18.4 Å². The molecular weight excluding hydrogens is 474 g/mol. The highest BCUT2D eigenvalue weighted by Gasteiger charge is 2.32. The normalized spacial score (nSPS) is 23.1. The van der Waals surface area contributed by atoms with Crippen molar-refractivity contribution >= 4 is 40.8 Å². The number of aliphatic imine (C=N–C) groups is 1. The summed E-state index contributed by atoms with van der Waals surface area (Å²) in [6.45, 7) is 3.93. The van der Waals surface area contributed by atoms with Crippen LogP contribution in [-0.4, -0.2) is 67.9 Å². The quantitative estimate of drug-likeness (QED) is 0.384. The fourth-order valence-electron chi connectivity index (χ4n) is 4.00. The first-order chi connectivity index (χ1) is 13.2. The molecule has 154 valence electrons. The number of rotatable bonds is 4. The fraction of sp³-hybridized carbons (Fsp3) is 0.550. The number of H-pyrrole nitrogens is 1. The van der Waals surface area contributed by atoms with E-state index in [0.717, 1.165) is 62.4 Å². The van der Waals surface area contributed by atoms with Crippen molar-refractivity contribution in [2.75, 3.05) is 39.9 Å². The number of halogens is 2. The molecule has 2 aromatic rings. The van der Waals surface area contributed by atoms with Crippen molar-refractivity contribution in [2.24, 2.45) is 4.99 Å². The summed E-state index contributed by atoms with van der Waals surface area (Å²) < 4.78 is 25.0. The summed E-state index contributed by atoms with van der Waals surface area (Å²) in [5.41, 5.74) is 2.01. The van der Waals surface area contributed by atoms with Gasteiger partial charge >= 0.3 is 0 Å². The van der Waals surface area contributed by atoms with Gasteiger partial charge in [0.05, 0.1) is 12.7 Å². The van der Waals surface area contributed by atoms with Gasteiger partial charge in [0.25, 0.3) is 0 Å². The van der Waals surface area contributed by atoms with E-state index in [1.807, 2.05) is 19.3 Å². The monoisotopic (exact) mass is 502 g/mol. The molecule has 3 heterocycles. The van der Waals surface area contributed by atoms with Gasteiger partial charge in [0.2, 0.25) is 0 Å². The molecule has 2 fully saturated rings. The molecule has 0 bridgehead atoms. The molecular formula is C20H28FIN4O2. The molecule has 0 amide bonds. The van der Waals surface area contributed by atoms with Gasteiger partial charge in [-0.3, -0.25) is 4.99 Å². The smallest absolute Gasteiger partial charge is 0.193 e. The van der Waals surface area contributed by atoms with E-state index in [0.29, 0.717) is 6.61 Å². The highest BCUT2D eigenvalue weighted by atomic mass is 127. The minimum absolute atomic E-state index is 0. The highest BCUT2D eigenvalue weighted by molar-refractivity contribution is 14.0. The lowest BCUT2D eigenvalue weighted by atomic mass is 10.1. The zero-order valence-electron chi connectivity index (χ0n) is 16.1. The maximum Gasteiger partial charge on any atom is 0.193 e. The Balaban J connectivity index is 0.00000225. The molecule has 0 saturated carbocycles. The van der Waals surface area contributed by atoms with Gasteiger partial charge in [0.15, 0.2) is 5.96 Å². The summed E-state index contributed by atoms with van der Waals surface area (Å²) in [5, 5.41) is 4.52. The molecule has 1 aromatic carbocycles. The SMILES string of the molecule is CN=C(NCCc1c[nH]c2cc(F)ccc12)N1CCOC(C2CCCO2)C1.I. The first-order valence-electron chi connectivity index (χ1n) is 9.69. The molecule has 2 atom stereocenters. The summed E-state index contributed by atoms with van der Waals surface area (Å²) in [5.74, 6) is 0.676. The number of benzene rings is 1. The van der Waals surface area contributed by atoms with Crippen molar-refractivity contribution in [3.8, 4) is 0 Å². The summed E-state index contributed by atoms with van der Waals surface area (Å²) in [6, 6.07) is 4.87. The Hall–Kier alpha value is -1.39. The van der Waals surface area contributed by atoms with Crippen molar-refractivity contribution in [1.29, 1.82) is 0 Å². The van der Waals surface area contributed by atoms with Crippen molar-refractivity contribution in [2.45, 2.75) is 31.5 Å². The summed E-state index contributed by atoms with van der Waals surface area (Å²) in [7, 11) is 1.81. The van der Waals surface area contributed by atoms with E-state index in [2.05, 4.69) is 20.2 Å². The van der Waals surface area contributed by atoms with E-state index >= 15 is 0 Å². The maximum absolute atomic E-state index is 13.3. The van der Waals surface area contributed by atoms with E-state index in [1.165, 1.54) is 17.7 Å². The standard InChI is InChI=1S/C20H27FN4O2.HI/c1-22-20(25-8-10-27-19(13-25)18-3-2-9-26-18)23-7-6-14-12-24-17-11-15(21)4-5-16(14)17;/h4-5,11-12,18-19,24H,2-3,6-10,13H2,1H3,(H,22,23);1H. The second kappa shape index (κ2) is 9.89. The molecule has 2 saturated heterocycles. The number of hydrogen-bond donors (Lipinski definition) is 2. The number of fused-ring (bicyclic) bond motifs is 1. The Morgan fingerprint density at radius 1 is 1.32 bits per heavy atom. The number of aromatic nitrogens is 1.